The number of pyridine rings is 1. The quantitative estimate of drug-likeness (QED) is 0.878. The number of thiazole rings is 1. The van der Waals surface area contributed by atoms with Crippen LogP contribution in [0.3, 0.4) is 0 Å². The van der Waals surface area contributed by atoms with Crippen molar-refractivity contribution in [1.29, 1.82) is 0 Å². The van der Waals surface area contributed by atoms with E-state index in [1.807, 2.05) is 6.07 Å². The van der Waals surface area contributed by atoms with Gasteiger partial charge in [-0.15, -0.1) is 0 Å². The van der Waals surface area contributed by atoms with E-state index in [2.05, 4.69) is 26.8 Å². The Morgan fingerprint density at radius 1 is 1.43 bits per heavy atom. The van der Waals surface area contributed by atoms with Crippen molar-refractivity contribution in [3.05, 3.63) is 30.7 Å². The second kappa shape index (κ2) is 4.53. The number of hydrogen-bond donors (Lipinski definition) is 1. The highest BCUT2D eigenvalue weighted by molar-refractivity contribution is 7.22. The maximum Gasteiger partial charge on any atom is 0.232 e. The van der Waals surface area contributed by atoms with Crippen molar-refractivity contribution < 1.29 is 4.79 Å². The smallest absolute Gasteiger partial charge is 0.232 e. The first-order chi connectivity index (χ1) is 10.2. The van der Waals surface area contributed by atoms with Gasteiger partial charge in [-0.25, -0.2) is 4.98 Å². The van der Waals surface area contributed by atoms with Gasteiger partial charge < -0.3 is 10.2 Å². The van der Waals surface area contributed by atoms with E-state index in [0.29, 0.717) is 0 Å². The molecule has 0 saturated carbocycles. The predicted molar refractivity (Wildman–Crippen MR) is 83.2 cm³/mol. The lowest BCUT2D eigenvalue weighted by Gasteiger charge is -2.33. The van der Waals surface area contributed by atoms with E-state index in [9.17, 15) is 4.79 Å². The number of allylic oxidation sites excluding steroid dienone is 1. The molecule has 2 aliphatic heterocycles. The molecule has 2 aromatic heterocycles. The molecule has 2 fully saturated rings. The van der Waals surface area contributed by atoms with Crippen LogP contribution >= 0.6 is 11.3 Å². The summed E-state index contributed by atoms with van der Waals surface area (Å²) in [4.78, 5) is 23.3. The molecule has 21 heavy (non-hydrogen) atoms. The molecular weight excluding hydrogens is 284 g/mol. The molecule has 4 rings (SSSR count). The van der Waals surface area contributed by atoms with Gasteiger partial charge in [0.05, 0.1) is 16.3 Å². The zero-order chi connectivity index (χ0) is 14.4. The summed E-state index contributed by atoms with van der Waals surface area (Å²) in [6, 6.07) is 1.99. The zero-order valence-electron chi connectivity index (χ0n) is 11.6. The number of rotatable bonds is 1. The number of nitrogens with zero attached hydrogens (tertiary/aromatic N) is 3. The molecular formula is C15H16N4OS. The van der Waals surface area contributed by atoms with E-state index in [-0.39, 0.29) is 11.3 Å². The van der Waals surface area contributed by atoms with Crippen molar-refractivity contribution in [2.75, 3.05) is 18.0 Å². The highest BCUT2D eigenvalue weighted by atomic mass is 32.1. The number of piperidine rings is 1. The second-order valence-corrected chi connectivity index (χ2v) is 6.86. The van der Waals surface area contributed by atoms with Gasteiger partial charge in [-0.1, -0.05) is 17.9 Å². The molecule has 4 heterocycles. The van der Waals surface area contributed by atoms with Gasteiger partial charge in [0, 0.05) is 25.0 Å². The van der Waals surface area contributed by atoms with E-state index >= 15 is 0 Å². The molecule has 108 valence electrons. The molecule has 0 aliphatic carbocycles. The highest BCUT2D eigenvalue weighted by Gasteiger charge is 2.47. The Kier molecular flexibility index (Phi) is 2.75. The minimum absolute atomic E-state index is 0.129. The molecule has 5 nitrogen and oxygen atoms in total. The highest BCUT2D eigenvalue weighted by Crippen LogP contribution is 2.42. The minimum atomic E-state index is -0.267. The number of hydrogen-bond acceptors (Lipinski definition) is 5. The maximum absolute atomic E-state index is 12.4. The Morgan fingerprint density at radius 3 is 3.14 bits per heavy atom. The fourth-order valence-electron chi connectivity index (χ4n) is 3.19. The van der Waals surface area contributed by atoms with Crippen molar-refractivity contribution >= 4 is 32.6 Å². The molecule has 0 radical (unpaired) electrons. The molecule has 1 atom stereocenters. The molecule has 1 amide bonds. The lowest BCUT2D eigenvalue weighted by atomic mass is 9.78. The number of nitrogens with one attached hydrogen (secondary N) is 1. The normalized spacial score (nSPS) is 25.8. The molecule has 1 spiro atoms. The van der Waals surface area contributed by atoms with Crippen LogP contribution in [-0.4, -0.2) is 29.0 Å². The summed E-state index contributed by atoms with van der Waals surface area (Å²) in [5.74, 6) is 0.129. The van der Waals surface area contributed by atoms with Gasteiger partial charge in [-0.05, 0) is 25.3 Å². The molecule has 2 aromatic rings. The topological polar surface area (TPSA) is 58.1 Å². The third-order valence-electron chi connectivity index (χ3n) is 4.48. The van der Waals surface area contributed by atoms with Gasteiger partial charge in [-0.3, -0.25) is 9.78 Å². The number of carbonyl (C=O) groups excluding carboxylic acids is 1. The van der Waals surface area contributed by atoms with Gasteiger partial charge >= 0.3 is 0 Å². The average molecular weight is 300 g/mol. The van der Waals surface area contributed by atoms with Crippen LogP contribution in [0, 0.1) is 5.41 Å². The summed E-state index contributed by atoms with van der Waals surface area (Å²) in [5, 5.41) is 3.92. The summed E-state index contributed by atoms with van der Waals surface area (Å²) in [5.41, 5.74) is 1.51. The van der Waals surface area contributed by atoms with Crippen molar-refractivity contribution in [2.45, 2.75) is 19.3 Å². The first-order valence-corrected chi connectivity index (χ1v) is 7.93. The van der Waals surface area contributed by atoms with Crippen molar-refractivity contribution in [2.24, 2.45) is 5.41 Å². The van der Waals surface area contributed by atoms with E-state index in [4.69, 9.17) is 0 Å². The molecule has 1 unspecified atom stereocenters. The van der Waals surface area contributed by atoms with E-state index < -0.39 is 0 Å². The van der Waals surface area contributed by atoms with Crippen LogP contribution in [0.4, 0.5) is 5.13 Å². The second-order valence-electron chi connectivity index (χ2n) is 5.85. The number of amides is 1. The lowest BCUT2D eigenvalue weighted by molar-refractivity contribution is -0.131. The molecule has 0 bridgehead atoms. The van der Waals surface area contributed by atoms with E-state index in [1.54, 1.807) is 23.7 Å². The van der Waals surface area contributed by atoms with Crippen LogP contribution in [0.15, 0.2) is 30.7 Å². The Balaban J connectivity index is 1.61. The number of anilines is 1. The summed E-state index contributed by atoms with van der Waals surface area (Å²) >= 11 is 1.67. The number of carbonyl (C=O) groups is 1. The Bertz CT molecular complexity index is 707. The molecule has 0 aromatic carbocycles. The van der Waals surface area contributed by atoms with Crippen molar-refractivity contribution in [1.82, 2.24) is 15.3 Å². The Morgan fingerprint density at radius 2 is 2.33 bits per heavy atom. The van der Waals surface area contributed by atoms with Crippen molar-refractivity contribution in [3.63, 3.8) is 0 Å². The molecule has 2 saturated heterocycles. The summed E-state index contributed by atoms with van der Waals surface area (Å²) in [7, 11) is 0. The number of aromatic nitrogens is 2. The molecule has 1 N–H and O–H groups in total. The van der Waals surface area contributed by atoms with Crippen LogP contribution in [-0.2, 0) is 4.79 Å². The summed E-state index contributed by atoms with van der Waals surface area (Å²) < 4.78 is 1.14. The Labute approximate surface area is 126 Å². The van der Waals surface area contributed by atoms with Crippen LogP contribution in [0.5, 0.6) is 0 Å². The maximum atomic E-state index is 12.4. The first-order valence-electron chi connectivity index (χ1n) is 7.11. The first kappa shape index (κ1) is 12.8. The van der Waals surface area contributed by atoms with Gasteiger partial charge in [-0.2, -0.15) is 0 Å². The fourth-order valence-corrected chi connectivity index (χ4v) is 4.14. The van der Waals surface area contributed by atoms with Gasteiger partial charge in [0.25, 0.3) is 0 Å². The van der Waals surface area contributed by atoms with Gasteiger partial charge in [0.1, 0.15) is 5.52 Å². The lowest BCUT2D eigenvalue weighted by Crippen LogP contribution is -2.46. The SMILES string of the molecule is C=C1CCC2(CCN(c3nc4cnccc4s3)C2)C(=O)N1. The van der Waals surface area contributed by atoms with E-state index in [0.717, 1.165) is 53.4 Å². The van der Waals surface area contributed by atoms with E-state index in [1.165, 1.54) is 0 Å². The average Bonchev–Trinajstić information content (AvgIpc) is 3.08. The summed E-state index contributed by atoms with van der Waals surface area (Å²) in [6.45, 7) is 5.49. The Hall–Kier alpha value is -1.95. The molecule has 2 aliphatic rings. The van der Waals surface area contributed by atoms with Crippen molar-refractivity contribution in [3.8, 4) is 0 Å². The largest absolute Gasteiger partial charge is 0.347 e. The zero-order valence-corrected chi connectivity index (χ0v) is 12.4. The third-order valence-corrected chi connectivity index (χ3v) is 5.58. The monoisotopic (exact) mass is 300 g/mol. The fraction of sp³-hybridized carbons (Fsp3) is 0.400. The van der Waals surface area contributed by atoms with Gasteiger partial charge in [0.2, 0.25) is 5.91 Å². The van der Waals surface area contributed by atoms with Crippen LogP contribution < -0.4 is 10.2 Å². The molecule has 6 heteroatoms. The number of fused-ring (bicyclic) bond motifs is 1. The van der Waals surface area contributed by atoms with Crippen LogP contribution in [0.25, 0.3) is 10.2 Å². The van der Waals surface area contributed by atoms with Crippen LogP contribution in [0.1, 0.15) is 19.3 Å². The standard InChI is InChI=1S/C15H16N4OS/c1-10-2-4-15(13(20)17-10)5-7-19(9-15)14-18-11-8-16-6-3-12(11)21-14/h3,6,8H,1-2,4-5,7,9H2,(H,17,20). The predicted octanol–water partition coefficient (Wildman–Crippen LogP) is 2.31. The summed E-state index contributed by atoms with van der Waals surface area (Å²) in [6.07, 6.45) is 6.23. The van der Waals surface area contributed by atoms with Gasteiger partial charge in [0.15, 0.2) is 5.13 Å². The minimum Gasteiger partial charge on any atom is -0.347 e. The third kappa shape index (κ3) is 2.01. The van der Waals surface area contributed by atoms with Crippen LogP contribution in [0.2, 0.25) is 0 Å².